The molecule has 0 aliphatic carbocycles. The Labute approximate surface area is 102 Å². The molecule has 1 heterocycles. The van der Waals surface area contributed by atoms with E-state index in [9.17, 15) is 9.18 Å². The van der Waals surface area contributed by atoms with Gasteiger partial charge in [-0.3, -0.25) is 9.18 Å². The van der Waals surface area contributed by atoms with Crippen LogP contribution in [-0.2, 0) is 9.53 Å². The van der Waals surface area contributed by atoms with Crippen molar-refractivity contribution in [2.24, 2.45) is 5.92 Å². The molecule has 1 rings (SSSR count). The lowest BCUT2D eigenvalue weighted by molar-refractivity contribution is -0.138. The Bertz CT molecular complexity index is 231. The minimum atomic E-state index is -0.344. The average molecular weight is 246 g/mol. The molecule has 1 aliphatic heterocycles. The lowest BCUT2D eigenvalue weighted by Gasteiger charge is -2.32. The van der Waals surface area contributed by atoms with Crippen LogP contribution < -0.4 is 5.32 Å². The molecule has 1 N–H and O–H groups in total. The number of carbonyl (C=O) groups excluding carboxylic acids is 1. The summed E-state index contributed by atoms with van der Waals surface area (Å²) in [6, 6.07) is -0.209. The molecule has 1 atom stereocenters. The lowest BCUT2D eigenvalue weighted by atomic mass is 10.0. The quantitative estimate of drug-likeness (QED) is 0.705. The van der Waals surface area contributed by atoms with Gasteiger partial charge < -0.3 is 15.0 Å². The van der Waals surface area contributed by atoms with Crippen LogP contribution in [0.5, 0.6) is 0 Å². The Balaban J connectivity index is 2.46. The molecule has 1 saturated heterocycles. The highest BCUT2D eigenvalue weighted by Crippen LogP contribution is 2.08. The van der Waals surface area contributed by atoms with Gasteiger partial charge in [0.15, 0.2) is 0 Å². The first kappa shape index (κ1) is 14.4. The van der Waals surface area contributed by atoms with E-state index in [4.69, 9.17) is 4.74 Å². The number of alkyl halides is 1. The van der Waals surface area contributed by atoms with Crippen molar-refractivity contribution in [1.82, 2.24) is 10.2 Å². The molecule has 0 aromatic rings. The second-order valence-electron chi connectivity index (χ2n) is 4.66. The predicted molar refractivity (Wildman–Crippen MR) is 64.6 cm³/mol. The van der Waals surface area contributed by atoms with Crippen molar-refractivity contribution in [2.45, 2.75) is 26.3 Å². The van der Waals surface area contributed by atoms with Gasteiger partial charge in [0.2, 0.25) is 5.91 Å². The van der Waals surface area contributed by atoms with Gasteiger partial charge in [-0.2, -0.15) is 0 Å². The first-order valence-corrected chi connectivity index (χ1v) is 6.32. The van der Waals surface area contributed by atoms with Crippen LogP contribution >= 0.6 is 0 Å². The number of amides is 1. The van der Waals surface area contributed by atoms with Gasteiger partial charge in [-0.1, -0.05) is 13.8 Å². The largest absolute Gasteiger partial charge is 0.378 e. The molecule has 0 aromatic carbocycles. The highest BCUT2D eigenvalue weighted by atomic mass is 19.1. The molecule has 0 bridgehead atoms. The Kier molecular flexibility index (Phi) is 6.44. The Morgan fingerprint density at radius 2 is 2.06 bits per heavy atom. The molecule has 0 unspecified atom stereocenters. The summed E-state index contributed by atoms with van der Waals surface area (Å²) in [7, 11) is 0. The number of rotatable bonds is 6. The molecule has 1 fully saturated rings. The van der Waals surface area contributed by atoms with Crippen LogP contribution in [-0.4, -0.2) is 56.4 Å². The van der Waals surface area contributed by atoms with Crippen molar-refractivity contribution in [2.75, 3.05) is 39.5 Å². The zero-order chi connectivity index (χ0) is 12.7. The molecule has 17 heavy (non-hydrogen) atoms. The maximum atomic E-state index is 12.2. The fraction of sp³-hybridized carbons (Fsp3) is 0.917. The normalized spacial score (nSPS) is 18.5. The van der Waals surface area contributed by atoms with Crippen LogP contribution in [0.3, 0.4) is 0 Å². The van der Waals surface area contributed by atoms with E-state index >= 15 is 0 Å². The van der Waals surface area contributed by atoms with Crippen LogP contribution in [0.4, 0.5) is 4.39 Å². The summed E-state index contributed by atoms with van der Waals surface area (Å²) in [5.74, 6) is 0.326. The second-order valence-corrected chi connectivity index (χ2v) is 4.66. The van der Waals surface area contributed by atoms with E-state index in [0.29, 0.717) is 39.3 Å². The van der Waals surface area contributed by atoms with Gasteiger partial charge in [0, 0.05) is 13.1 Å². The maximum Gasteiger partial charge on any atom is 0.240 e. The van der Waals surface area contributed by atoms with E-state index in [-0.39, 0.29) is 24.5 Å². The average Bonchev–Trinajstić information content (AvgIpc) is 2.34. The zero-order valence-electron chi connectivity index (χ0n) is 10.7. The highest BCUT2D eigenvalue weighted by Gasteiger charge is 2.27. The summed E-state index contributed by atoms with van der Waals surface area (Å²) in [5.41, 5.74) is 0. The number of nitrogens with one attached hydrogen (secondary N) is 1. The van der Waals surface area contributed by atoms with Crippen LogP contribution in [0.2, 0.25) is 0 Å². The smallest absolute Gasteiger partial charge is 0.240 e. The fourth-order valence-corrected chi connectivity index (χ4v) is 1.91. The van der Waals surface area contributed by atoms with Crippen molar-refractivity contribution in [3.63, 3.8) is 0 Å². The Morgan fingerprint density at radius 3 is 2.59 bits per heavy atom. The third kappa shape index (κ3) is 4.60. The summed E-state index contributed by atoms with van der Waals surface area (Å²) in [6.45, 7) is 6.76. The third-order valence-electron chi connectivity index (χ3n) is 2.93. The van der Waals surface area contributed by atoms with Crippen LogP contribution in [0.25, 0.3) is 0 Å². The molecule has 1 amide bonds. The molecule has 0 radical (unpaired) electrons. The second kappa shape index (κ2) is 7.61. The molecule has 0 spiro atoms. The van der Waals surface area contributed by atoms with Crippen LogP contribution in [0, 0.1) is 5.92 Å². The van der Waals surface area contributed by atoms with Gasteiger partial charge in [-0.25, -0.2) is 0 Å². The first-order valence-electron chi connectivity index (χ1n) is 6.32. The van der Waals surface area contributed by atoms with Gasteiger partial charge in [0.05, 0.1) is 25.9 Å². The number of halogens is 1. The third-order valence-corrected chi connectivity index (χ3v) is 2.93. The van der Waals surface area contributed by atoms with E-state index in [0.717, 1.165) is 0 Å². The van der Waals surface area contributed by atoms with Crippen molar-refractivity contribution in [3.8, 4) is 0 Å². The zero-order valence-corrected chi connectivity index (χ0v) is 10.7. The van der Waals surface area contributed by atoms with E-state index in [1.54, 1.807) is 0 Å². The number of morpholine rings is 1. The number of hydrogen-bond acceptors (Lipinski definition) is 3. The van der Waals surface area contributed by atoms with E-state index in [2.05, 4.69) is 5.32 Å². The lowest BCUT2D eigenvalue weighted by Crippen LogP contribution is -2.52. The van der Waals surface area contributed by atoms with E-state index in [1.807, 2.05) is 18.7 Å². The number of hydrogen-bond donors (Lipinski definition) is 1. The van der Waals surface area contributed by atoms with Crippen molar-refractivity contribution in [3.05, 3.63) is 0 Å². The van der Waals surface area contributed by atoms with Crippen molar-refractivity contribution >= 4 is 5.91 Å². The summed E-state index contributed by atoms with van der Waals surface area (Å²) < 4.78 is 17.3. The van der Waals surface area contributed by atoms with Crippen LogP contribution in [0.15, 0.2) is 0 Å². The SMILES string of the molecule is CC(C)[C@H](NCCCF)C(=O)N1CCOCC1. The van der Waals surface area contributed by atoms with E-state index < -0.39 is 0 Å². The van der Waals surface area contributed by atoms with Gasteiger partial charge in [-0.15, -0.1) is 0 Å². The standard InChI is InChI=1S/C12H23FN2O2/c1-10(2)11(14-5-3-4-13)12(16)15-6-8-17-9-7-15/h10-11,14H,3-9H2,1-2H3/t11-/m0/s1. The Hall–Kier alpha value is -0.680. The maximum absolute atomic E-state index is 12.2. The molecule has 5 heteroatoms. The van der Waals surface area contributed by atoms with Crippen LogP contribution in [0.1, 0.15) is 20.3 Å². The minimum Gasteiger partial charge on any atom is -0.378 e. The molecule has 100 valence electrons. The van der Waals surface area contributed by atoms with Gasteiger partial charge in [-0.05, 0) is 18.9 Å². The monoisotopic (exact) mass is 246 g/mol. The summed E-state index contributed by atoms with van der Waals surface area (Å²) >= 11 is 0. The van der Waals surface area contributed by atoms with Gasteiger partial charge in [0.1, 0.15) is 0 Å². The number of carbonyl (C=O) groups is 1. The molecular formula is C12H23FN2O2. The Morgan fingerprint density at radius 1 is 1.41 bits per heavy atom. The summed E-state index contributed by atoms with van der Waals surface area (Å²) in [5, 5.41) is 3.15. The predicted octanol–water partition coefficient (Wildman–Crippen LogP) is 0.819. The molecule has 0 saturated carbocycles. The summed E-state index contributed by atoms with van der Waals surface area (Å²) in [4.78, 5) is 14.1. The van der Waals surface area contributed by atoms with Crippen molar-refractivity contribution in [1.29, 1.82) is 0 Å². The van der Waals surface area contributed by atoms with Gasteiger partial charge in [0.25, 0.3) is 0 Å². The molecule has 4 nitrogen and oxygen atoms in total. The van der Waals surface area contributed by atoms with Gasteiger partial charge >= 0.3 is 0 Å². The topological polar surface area (TPSA) is 41.6 Å². The number of ether oxygens (including phenoxy) is 1. The van der Waals surface area contributed by atoms with Crippen molar-refractivity contribution < 1.29 is 13.9 Å². The summed E-state index contributed by atoms with van der Waals surface area (Å²) in [6.07, 6.45) is 0.458. The molecule has 0 aromatic heterocycles. The highest BCUT2D eigenvalue weighted by molar-refractivity contribution is 5.82. The number of nitrogens with zero attached hydrogens (tertiary/aromatic N) is 1. The molecule has 1 aliphatic rings. The molecular weight excluding hydrogens is 223 g/mol. The first-order chi connectivity index (χ1) is 8.16. The fourth-order valence-electron chi connectivity index (χ4n) is 1.91. The van der Waals surface area contributed by atoms with E-state index in [1.165, 1.54) is 0 Å². The minimum absolute atomic E-state index is 0.113.